The first-order chi connectivity index (χ1) is 8.83. The summed E-state index contributed by atoms with van der Waals surface area (Å²) < 4.78 is 5.16. The van der Waals surface area contributed by atoms with E-state index in [1.807, 2.05) is 0 Å². The summed E-state index contributed by atoms with van der Waals surface area (Å²) in [6, 6.07) is 0.342. The Bertz CT molecular complexity index is 216. The van der Waals surface area contributed by atoms with Crippen LogP contribution in [0, 0.1) is 0 Å². The van der Waals surface area contributed by atoms with Gasteiger partial charge in [0.15, 0.2) is 0 Å². The molecule has 106 valence electrons. The van der Waals surface area contributed by atoms with Gasteiger partial charge in [-0.1, -0.05) is 32.6 Å². The van der Waals surface area contributed by atoms with Crippen LogP contribution in [0.1, 0.15) is 58.3 Å². The fourth-order valence-electron chi connectivity index (χ4n) is 2.24. The van der Waals surface area contributed by atoms with Crippen LogP contribution in [0.4, 0.5) is 4.79 Å². The molecule has 0 aromatic heterocycles. The molecule has 0 radical (unpaired) electrons. The van der Waals surface area contributed by atoms with E-state index < -0.39 is 0 Å². The maximum Gasteiger partial charge on any atom is 0.407 e. The largest absolute Gasteiger partial charge is 0.450 e. The number of carbonyl (C=O) groups is 1. The summed E-state index contributed by atoms with van der Waals surface area (Å²) in [6.07, 6.45) is 9.05. The van der Waals surface area contributed by atoms with Crippen LogP contribution in [0.2, 0.25) is 0 Å². The second-order valence-electron chi connectivity index (χ2n) is 5.07. The van der Waals surface area contributed by atoms with Crippen molar-refractivity contribution in [3.8, 4) is 0 Å². The molecule has 1 saturated carbocycles. The van der Waals surface area contributed by atoms with Gasteiger partial charge in [-0.25, -0.2) is 4.79 Å². The van der Waals surface area contributed by atoms with Crippen molar-refractivity contribution in [2.24, 2.45) is 0 Å². The van der Waals surface area contributed by atoms with E-state index in [1.54, 1.807) is 0 Å². The highest BCUT2D eigenvalue weighted by Crippen LogP contribution is 2.17. The molecule has 0 bridgehead atoms. The molecule has 0 saturated heterocycles. The predicted octanol–water partition coefficient (Wildman–Crippen LogP) is 2.83. The van der Waals surface area contributed by atoms with Crippen LogP contribution in [0.15, 0.2) is 0 Å². The summed E-state index contributed by atoms with van der Waals surface area (Å²) in [5.41, 5.74) is 0. The molecule has 0 unspecified atom stereocenters. The van der Waals surface area contributed by atoms with Crippen LogP contribution >= 0.6 is 0 Å². The van der Waals surface area contributed by atoms with Gasteiger partial charge < -0.3 is 15.4 Å². The molecule has 0 aromatic carbocycles. The molecule has 4 nitrogen and oxygen atoms in total. The molecular weight excluding hydrogens is 228 g/mol. The van der Waals surface area contributed by atoms with E-state index in [-0.39, 0.29) is 6.09 Å². The number of rotatable bonds is 8. The predicted molar refractivity (Wildman–Crippen MR) is 73.8 cm³/mol. The second-order valence-corrected chi connectivity index (χ2v) is 5.07. The Morgan fingerprint density at radius 3 is 2.61 bits per heavy atom. The zero-order valence-electron chi connectivity index (χ0n) is 11.7. The van der Waals surface area contributed by atoms with E-state index >= 15 is 0 Å². The van der Waals surface area contributed by atoms with Crippen molar-refractivity contribution in [1.29, 1.82) is 0 Å². The average Bonchev–Trinajstić information content (AvgIpc) is 2.39. The third-order valence-electron chi connectivity index (χ3n) is 3.37. The number of nitrogens with one attached hydrogen (secondary N) is 2. The number of ether oxygens (including phenoxy) is 1. The van der Waals surface area contributed by atoms with Gasteiger partial charge in [-0.15, -0.1) is 0 Å². The third-order valence-corrected chi connectivity index (χ3v) is 3.37. The monoisotopic (exact) mass is 256 g/mol. The van der Waals surface area contributed by atoms with E-state index in [1.165, 1.54) is 32.1 Å². The zero-order valence-corrected chi connectivity index (χ0v) is 11.7. The fraction of sp³-hybridized carbons (Fsp3) is 0.929. The van der Waals surface area contributed by atoms with E-state index in [2.05, 4.69) is 17.6 Å². The van der Waals surface area contributed by atoms with Gasteiger partial charge in [-0.2, -0.15) is 0 Å². The molecule has 1 aliphatic rings. The Morgan fingerprint density at radius 1 is 1.17 bits per heavy atom. The minimum atomic E-state index is -0.240. The molecule has 0 heterocycles. The lowest BCUT2D eigenvalue weighted by Gasteiger charge is -2.22. The van der Waals surface area contributed by atoms with Crippen molar-refractivity contribution in [2.75, 3.05) is 19.7 Å². The minimum Gasteiger partial charge on any atom is -0.450 e. The maximum atomic E-state index is 11.5. The van der Waals surface area contributed by atoms with E-state index in [9.17, 15) is 4.79 Å². The van der Waals surface area contributed by atoms with E-state index in [4.69, 9.17) is 4.74 Å². The number of hydrogen-bond acceptors (Lipinski definition) is 3. The molecule has 0 aromatic rings. The van der Waals surface area contributed by atoms with E-state index in [0.717, 1.165) is 32.4 Å². The molecule has 1 fully saturated rings. The first-order valence-corrected chi connectivity index (χ1v) is 7.47. The summed E-state index contributed by atoms with van der Waals surface area (Å²) in [4.78, 5) is 11.5. The van der Waals surface area contributed by atoms with Crippen molar-refractivity contribution in [1.82, 2.24) is 10.6 Å². The van der Waals surface area contributed by atoms with Crippen molar-refractivity contribution >= 4 is 6.09 Å². The Labute approximate surface area is 111 Å². The lowest BCUT2D eigenvalue weighted by molar-refractivity contribution is 0.138. The van der Waals surface area contributed by atoms with Gasteiger partial charge in [-0.05, 0) is 38.8 Å². The molecule has 2 N–H and O–H groups in total. The Morgan fingerprint density at radius 2 is 1.89 bits per heavy atom. The molecule has 0 atom stereocenters. The van der Waals surface area contributed by atoms with Crippen LogP contribution in [0.25, 0.3) is 0 Å². The first kappa shape index (κ1) is 15.3. The third kappa shape index (κ3) is 7.54. The van der Waals surface area contributed by atoms with Gasteiger partial charge in [0, 0.05) is 6.04 Å². The standard InChI is InChI=1S/C14H28N2O2/c1-2-3-10-15-11-7-12-18-14(17)16-13-8-5-4-6-9-13/h13,15H,2-12H2,1H3,(H,16,17). The van der Waals surface area contributed by atoms with Gasteiger partial charge in [0.25, 0.3) is 0 Å². The molecule has 18 heavy (non-hydrogen) atoms. The molecule has 0 spiro atoms. The van der Waals surface area contributed by atoms with Crippen LogP contribution in [0.3, 0.4) is 0 Å². The summed E-state index contributed by atoms with van der Waals surface area (Å²) in [5, 5.41) is 6.28. The molecule has 4 heteroatoms. The summed E-state index contributed by atoms with van der Waals surface area (Å²) in [6.45, 7) is 4.68. The van der Waals surface area contributed by atoms with Crippen LogP contribution in [0.5, 0.6) is 0 Å². The van der Waals surface area contributed by atoms with Crippen LogP contribution in [-0.4, -0.2) is 31.8 Å². The molecule has 1 aliphatic carbocycles. The van der Waals surface area contributed by atoms with Crippen LogP contribution < -0.4 is 10.6 Å². The highest BCUT2D eigenvalue weighted by atomic mass is 16.5. The first-order valence-electron chi connectivity index (χ1n) is 7.47. The number of hydrogen-bond donors (Lipinski definition) is 2. The number of carbonyl (C=O) groups excluding carboxylic acids is 1. The summed E-state index contributed by atoms with van der Waals surface area (Å²) in [7, 11) is 0. The van der Waals surface area contributed by atoms with Crippen molar-refractivity contribution in [2.45, 2.75) is 64.3 Å². The van der Waals surface area contributed by atoms with Crippen LogP contribution in [-0.2, 0) is 4.74 Å². The molecule has 1 amide bonds. The Kier molecular flexibility index (Phi) is 8.65. The average molecular weight is 256 g/mol. The number of amides is 1. The molecule has 1 rings (SSSR count). The maximum absolute atomic E-state index is 11.5. The highest BCUT2D eigenvalue weighted by Gasteiger charge is 2.15. The highest BCUT2D eigenvalue weighted by molar-refractivity contribution is 5.67. The topological polar surface area (TPSA) is 50.4 Å². The Hall–Kier alpha value is -0.770. The van der Waals surface area contributed by atoms with E-state index in [0.29, 0.717) is 12.6 Å². The smallest absolute Gasteiger partial charge is 0.407 e. The van der Waals surface area contributed by atoms with Gasteiger partial charge in [0.05, 0.1) is 6.61 Å². The van der Waals surface area contributed by atoms with Crippen molar-refractivity contribution in [3.05, 3.63) is 0 Å². The van der Waals surface area contributed by atoms with Crippen molar-refractivity contribution in [3.63, 3.8) is 0 Å². The second kappa shape index (κ2) is 10.2. The summed E-state index contributed by atoms with van der Waals surface area (Å²) >= 11 is 0. The fourth-order valence-corrected chi connectivity index (χ4v) is 2.24. The molecule has 0 aliphatic heterocycles. The number of unbranched alkanes of at least 4 members (excludes halogenated alkanes) is 1. The SMILES string of the molecule is CCCCNCCCOC(=O)NC1CCCCC1. The zero-order chi connectivity index (χ0) is 13.1. The van der Waals surface area contributed by atoms with Crippen molar-refractivity contribution < 1.29 is 9.53 Å². The van der Waals surface area contributed by atoms with Gasteiger partial charge in [-0.3, -0.25) is 0 Å². The lowest BCUT2D eigenvalue weighted by atomic mass is 9.96. The normalized spacial score (nSPS) is 16.5. The lowest BCUT2D eigenvalue weighted by Crippen LogP contribution is -2.36. The quantitative estimate of drug-likeness (QED) is 0.657. The van der Waals surface area contributed by atoms with Gasteiger partial charge in [0.1, 0.15) is 0 Å². The Balaban J connectivity index is 1.90. The number of alkyl carbamates (subject to hydrolysis) is 1. The molecular formula is C14H28N2O2. The van der Waals surface area contributed by atoms with Gasteiger partial charge >= 0.3 is 6.09 Å². The summed E-state index contributed by atoms with van der Waals surface area (Å²) in [5.74, 6) is 0. The van der Waals surface area contributed by atoms with Gasteiger partial charge in [0.2, 0.25) is 0 Å². The minimum absolute atomic E-state index is 0.240.